The summed E-state index contributed by atoms with van der Waals surface area (Å²) in [5.41, 5.74) is 0.821. The average Bonchev–Trinajstić information content (AvgIpc) is 2.87. The molecule has 1 aliphatic rings. The van der Waals surface area contributed by atoms with Gasteiger partial charge >= 0.3 is 30.0 Å². The fourth-order valence-electron chi connectivity index (χ4n) is 3.79. The number of esters is 4. The van der Waals surface area contributed by atoms with Gasteiger partial charge in [-0.1, -0.05) is 30.3 Å². The largest absolute Gasteiger partial charge is 0.463 e. The molecule has 0 spiro atoms. The number of rotatable bonds is 12. The average molecular weight is 567 g/mol. The first kappa shape index (κ1) is 32.0. The fraction of sp³-hybridized carbons (Fsp3) is 0.538. The van der Waals surface area contributed by atoms with Gasteiger partial charge in [-0.2, -0.15) is 0 Å². The van der Waals surface area contributed by atoms with Gasteiger partial charge in [-0.15, -0.1) is 0 Å². The Morgan fingerprint density at radius 2 is 1.38 bits per heavy atom. The molecular weight excluding hydrogens is 532 g/mol. The number of nitrogens with one attached hydrogen (secondary N) is 2. The number of hydrogen-bond acceptors (Lipinski definition) is 12. The number of carbonyl (C=O) groups is 6. The molecule has 1 aliphatic heterocycles. The van der Waals surface area contributed by atoms with Crippen LogP contribution in [-0.4, -0.2) is 79.7 Å². The highest BCUT2D eigenvalue weighted by molar-refractivity contribution is 5.76. The Hall–Kier alpha value is -4.20. The summed E-state index contributed by atoms with van der Waals surface area (Å²) in [5, 5.41) is 5.09. The van der Waals surface area contributed by atoms with Crippen LogP contribution < -0.4 is 10.6 Å². The van der Waals surface area contributed by atoms with E-state index in [0.717, 1.165) is 33.3 Å². The van der Waals surface area contributed by atoms with E-state index in [0.29, 0.717) is 0 Å². The Morgan fingerprint density at radius 1 is 0.775 bits per heavy atom. The second kappa shape index (κ2) is 16.0. The van der Waals surface area contributed by atoms with Gasteiger partial charge in [0.15, 0.2) is 24.5 Å². The normalized spacial score (nSPS) is 21.8. The molecule has 1 aromatic carbocycles. The standard InChI is InChI=1S/C26H34N2O12/c1-15(29)35-14-20-22(37-16(2)30)23(38-17(3)31)24(39-18(4)32)25(40-20)28-21(33)11-8-12-27-26(34)36-13-19-9-6-5-7-10-19/h5-7,9-10,20,22-25H,8,11-14H2,1-4H3,(H,27,34)(H,28,33)/t20-,22-,23+,24-,25-/m1/s1. The van der Waals surface area contributed by atoms with Crippen molar-refractivity contribution in [1.29, 1.82) is 0 Å². The van der Waals surface area contributed by atoms with Crippen molar-refractivity contribution in [3.05, 3.63) is 35.9 Å². The van der Waals surface area contributed by atoms with Crippen LogP contribution in [0.1, 0.15) is 46.1 Å². The maximum Gasteiger partial charge on any atom is 0.407 e. The predicted octanol–water partition coefficient (Wildman–Crippen LogP) is 0.892. The lowest BCUT2D eigenvalue weighted by molar-refractivity contribution is -0.257. The minimum absolute atomic E-state index is 0.0775. The molecule has 14 heteroatoms. The molecule has 2 N–H and O–H groups in total. The lowest BCUT2D eigenvalue weighted by Gasteiger charge is -2.44. The highest BCUT2D eigenvalue weighted by Crippen LogP contribution is 2.28. The second-order valence-corrected chi connectivity index (χ2v) is 8.78. The molecule has 220 valence electrons. The van der Waals surface area contributed by atoms with E-state index >= 15 is 0 Å². The molecule has 0 aliphatic carbocycles. The molecule has 0 aromatic heterocycles. The lowest BCUT2D eigenvalue weighted by atomic mass is 9.97. The van der Waals surface area contributed by atoms with Crippen LogP contribution in [0.5, 0.6) is 0 Å². The number of alkyl carbamates (subject to hydrolysis) is 1. The maximum atomic E-state index is 12.7. The summed E-state index contributed by atoms with van der Waals surface area (Å²) in [6.45, 7) is 4.25. The van der Waals surface area contributed by atoms with Gasteiger partial charge < -0.3 is 39.1 Å². The van der Waals surface area contributed by atoms with Gasteiger partial charge in [-0.05, 0) is 12.0 Å². The van der Waals surface area contributed by atoms with E-state index in [1.807, 2.05) is 30.3 Å². The molecule has 5 atom stereocenters. The molecule has 0 bridgehead atoms. The molecular formula is C26H34N2O12. The third kappa shape index (κ3) is 11.3. The van der Waals surface area contributed by atoms with E-state index in [1.54, 1.807) is 0 Å². The first-order valence-electron chi connectivity index (χ1n) is 12.5. The van der Waals surface area contributed by atoms with Gasteiger partial charge in [0.1, 0.15) is 19.3 Å². The Balaban J connectivity index is 2.03. The summed E-state index contributed by atoms with van der Waals surface area (Å²) >= 11 is 0. The van der Waals surface area contributed by atoms with Crippen molar-refractivity contribution >= 4 is 35.9 Å². The van der Waals surface area contributed by atoms with Crippen molar-refractivity contribution in [2.45, 2.75) is 77.8 Å². The van der Waals surface area contributed by atoms with Crippen LogP contribution in [0.2, 0.25) is 0 Å². The van der Waals surface area contributed by atoms with Crippen LogP contribution in [-0.2, 0) is 59.0 Å². The highest BCUT2D eigenvalue weighted by atomic mass is 16.7. The Kier molecular flexibility index (Phi) is 12.8. The van der Waals surface area contributed by atoms with Gasteiger partial charge in [-0.25, -0.2) is 4.79 Å². The predicted molar refractivity (Wildman–Crippen MR) is 134 cm³/mol. The lowest BCUT2D eigenvalue weighted by Crippen LogP contribution is -2.66. The zero-order chi connectivity index (χ0) is 29.7. The molecule has 0 radical (unpaired) electrons. The third-order valence-corrected chi connectivity index (χ3v) is 5.36. The van der Waals surface area contributed by atoms with Crippen molar-refractivity contribution in [3.63, 3.8) is 0 Å². The van der Waals surface area contributed by atoms with Crippen molar-refractivity contribution in [2.24, 2.45) is 0 Å². The van der Waals surface area contributed by atoms with Crippen molar-refractivity contribution in [3.8, 4) is 0 Å². The molecule has 2 rings (SSSR count). The summed E-state index contributed by atoms with van der Waals surface area (Å²) in [5.74, 6) is -3.56. The van der Waals surface area contributed by atoms with Gasteiger partial charge in [-0.3, -0.25) is 24.0 Å². The summed E-state index contributed by atoms with van der Waals surface area (Å²) in [6.07, 6.45) is -7.19. The van der Waals surface area contributed by atoms with E-state index in [-0.39, 0.29) is 26.0 Å². The van der Waals surface area contributed by atoms with E-state index < -0.39 is 73.1 Å². The van der Waals surface area contributed by atoms with E-state index in [2.05, 4.69) is 10.6 Å². The van der Waals surface area contributed by atoms with Crippen LogP contribution in [0.4, 0.5) is 4.79 Å². The molecule has 0 saturated carbocycles. The zero-order valence-corrected chi connectivity index (χ0v) is 22.7. The zero-order valence-electron chi connectivity index (χ0n) is 22.7. The Morgan fingerprint density at radius 3 is 1.98 bits per heavy atom. The van der Waals surface area contributed by atoms with Crippen LogP contribution in [0.15, 0.2) is 30.3 Å². The molecule has 1 saturated heterocycles. The summed E-state index contributed by atoms with van der Waals surface area (Å²) in [7, 11) is 0. The molecule has 1 aromatic rings. The van der Waals surface area contributed by atoms with Crippen LogP contribution in [0.25, 0.3) is 0 Å². The molecule has 14 nitrogen and oxygen atoms in total. The fourth-order valence-corrected chi connectivity index (χ4v) is 3.79. The summed E-state index contributed by atoms with van der Waals surface area (Å²) < 4.78 is 31.8. The first-order chi connectivity index (χ1) is 19.0. The van der Waals surface area contributed by atoms with Crippen LogP contribution in [0, 0.1) is 0 Å². The topological polar surface area (TPSA) is 182 Å². The highest BCUT2D eigenvalue weighted by Gasteiger charge is 2.52. The number of carbonyl (C=O) groups excluding carboxylic acids is 6. The van der Waals surface area contributed by atoms with Crippen LogP contribution in [0.3, 0.4) is 0 Å². The van der Waals surface area contributed by atoms with Crippen LogP contribution >= 0.6 is 0 Å². The smallest absolute Gasteiger partial charge is 0.407 e. The minimum Gasteiger partial charge on any atom is -0.463 e. The van der Waals surface area contributed by atoms with E-state index in [4.69, 9.17) is 28.4 Å². The van der Waals surface area contributed by atoms with Gasteiger partial charge in [0.2, 0.25) is 5.91 Å². The third-order valence-electron chi connectivity index (χ3n) is 5.36. The van der Waals surface area contributed by atoms with Gasteiger partial charge in [0.25, 0.3) is 0 Å². The van der Waals surface area contributed by atoms with Gasteiger partial charge in [0, 0.05) is 40.7 Å². The molecule has 40 heavy (non-hydrogen) atoms. The van der Waals surface area contributed by atoms with E-state index in [1.165, 1.54) is 0 Å². The number of amides is 2. The molecule has 1 fully saturated rings. The minimum atomic E-state index is -1.41. The van der Waals surface area contributed by atoms with Crippen molar-refractivity contribution in [1.82, 2.24) is 10.6 Å². The van der Waals surface area contributed by atoms with Crippen molar-refractivity contribution in [2.75, 3.05) is 13.2 Å². The number of hydrogen-bond donors (Lipinski definition) is 2. The summed E-state index contributed by atoms with van der Waals surface area (Å²) in [4.78, 5) is 71.5. The Bertz CT molecular complexity index is 1050. The molecule has 0 unspecified atom stereocenters. The van der Waals surface area contributed by atoms with Gasteiger partial charge in [0.05, 0.1) is 0 Å². The van der Waals surface area contributed by atoms with E-state index in [9.17, 15) is 28.8 Å². The molecule has 2 amide bonds. The maximum absolute atomic E-state index is 12.7. The summed E-state index contributed by atoms with van der Waals surface area (Å²) in [6, 6.07) is 9.11. The first-order valence-corrected chi connectivity index (χ1v) is 12.5. The SMILES string of the molecule is CC(=O)OC[C@H]1O[C@@H](NC(=O)CCCNC(=O)OCc2ccccc2)[C@H](OC(C)=O)[C@@H](OC(C)=O)[C@@H]1OC(C)=O. The Labute approximate surface area is 230 Å². The number of ether oxygens (including phenoxy) is 6. The molecule has 1 heterocycles. The number of benzene rings is 1. The quantitative estimate of drug-likeness (QED) is 0.207. The second-order valence-electron chi connectivity index (χ2n) is 8.78. The monoisotopic (exact) mass is 566 g/mol. The van der Waals surface area contributed by atoms with Crippen molar-refractivity contribution < 1.29 is 57.2 Å².